The average Bonchev–Trinajstić information content (AvgIpc) is 2.41. The van der Waals surface area contributed by atoms with Crippen LogP contribution in [0, 0.1) is 0 Å². The minimum Gasteiger partial charge on any atom is -0.395 e. The summed E-state index contributed by atoms with van der Waals surface area (Å²) in [6.45, 7) is 5.66. The third-order valence-corrected chi connectivity index (χ3v) is 2.59. The van der Waals surface area contributed by atoms with Crippen molar-refractivity contribution >= 4 is 0 Å². The molecule has 1 fully saturated rings. The van der Waals surface area contributed by atoms with E-state index in [4.69, 9.17) is 5.11 Å². The number of hydrogen-bond donors (Lipinski definition) is 2. The Morgan fingerprint density at radius 3 is 2.31 bits per heavy atom. The van der Waals surface area contributed by atoms with E-state index in [1.165, 1.54) is 38.8 Å². The van der Waals surface area contributed by atoms with Crippen molar-refractivity contribution in [1.29, 1.82) is 0 Å². The molecule has 78 valence electrons. The number of nitrogens with zero attached hydrogens (tertiary/aromatic N) is 1. The van der Waals surface area contributed by atoms with Gasteiger partial charge < -0.3 is 15.3 Å². The molecule has 0 aliphatic carbocycles. The third kappa shape index (κ3) is 5.24. The maximum Gasteiger partial charge on any atom is 0.0555 e. The molecule has 3 nitrogen and oxygen atoms in total. The summed E-state index contributed by atoms with van der Waals surface area (Å²) in [7, 11) is 0. The van der Waals surface area contributed by atoms with Crippen LogP contribution in [0.3, 0.4) is 0 Å². The predicted octanol–water partition coefficient (Wildman–Crippen LogP) is 0.444. The SMILES string of the molecule is OCCNCCN1CCCCCC1. The number of likely N-dealkylation sites (tertiary alicyclic amines) is 1. The summed E-state index contributed by atoms with van der Waals surface area (Å²) >= 11 is 0. The van der Waals surface area contributed by atoms with Gasteiger partial charge in [-0.1, -0.05) is 12.8 Å². The number of nitrogens with one attached hydrogen (secondary N) is 1. The van der Waals surface area contributed by atoms with E-state index in [-0.39, 0.29) is 6.61 Å². The fourth-order valence-corrected chi connectivity index (χ4v) is 1.80. The van der Waals surface area contributed by atoms with Crippen molar-refractivity contribution in [3.05, 3.63) is 0 Å². The van der Waals surface area contributed by atoms with E-state index in [1.54, 1.807) is 0 Å². The van der Waals surface area contributed by atoms with E-state index in [9.17, 15) is 0 Å². The van der Waals surface area contributed by atoms with Gasteiger partial charge in [-0.15, -0.1) is 0 Å². The van der Waals surface area contributed by atoms with Crippen LogP contribution in [0.1, 0.15) is 25.7 Å². The smallest absolute Gasteiger partial charge is 0.0555 e. The van der Waals surface area contributed by atoms with Crippen molar-refractivity contribution in [2.24, 2.45) is 0 Å². The van der Waals surface area contributed by atoms with E-state index >= 15 is 0 Å². The molecular formula is C10H22N2O. The lowest BCUT2D eigenvalue weighted by Gasteiger charge is -2.19. The van der Waals surface area contributed by atoms with Crippen molar-refractivity contribution in [2.45, 2.75) is 25.7 Å². The van der Waals surface area contributed by atoms with Gasteiger partial charge in [0, 0.05) is 19.6 Å². The minimum absolute atomic E-state index is 0.250. The molecule has 0 spiro atoms. The predicted molar refractivity (Wildman–Crippen MR) is 54.9 cm³/mol. The number of rotatable bonds is 5. The Bertz CT molecular complexity index is 111. The van der Waals surface area contributed by atoms with Gasteiger partial charge in [0.1, 0.15) is 0 Å². The van der Waals surface area contributed by atoms with Gasteiger partial charge in [-0.25, -0.2) is 0 Å². The van der Waals surface area contributed by atoms with Crippen molar-refractivity contribution in [3.63, 3.8) is 0 Å². The van der Waals surface area contributed by atoms with Crippen molar-refractivity contribution in [3.8, 4) is 0 Å². The van der Waals surface area contributed by atoms with E-state index < -0.39 is 0 Å². The van der Waals surface area contributed by atoms with Crippen LogP contribution in [0.15, 0.2) is 0 Å². The molecule has 1 rings (SSSR count). The highest BCUT2D eigenvalue weighted by atomic mass is 16.3. The Morgan fingerprint density at radius 2 is 1.69 bits per heavy atom. The van der Waals surface area contributed by atoms with Gasteiger partial charge in [0.05, 0.1) is 6.61 Å². The van der Waals surface area contributed by atoms with Crippen LogP contribution in [0.2, 0.25) is 0 Å². The van der Waals surface area contributed by atoms with Crippen LogP contribution < -0.4 is 5.32 Å². The van der Waals surface area contributed by atoms with Gasteiger partial charge in [0.2, 0.25) is 0 Å². The van der Waals surface area contributed by atoms with Crippen molar-refractivity contribution in [1.82, 2.24) is 10.2 Å². The first-order chi connectivity index (χ1) is 6.43. The van der Waals surface area contributed by atoms with Crippen LogP contribution in [0.4, 0.5) is 0 Å². The topological polar surface area (TPSA) is 35.5 Å². The summed E-state index contributed by atoms with van der Waals surface area (Å²) < 4.78 is 0. The van der Waals surface area contributed by atoms with Crippen LogP contribution in [0.5, 0.6) is 0 Å². The molecule has 13 heavy (non-hydrogen) atoms. The van der Waals surface area contributed by atoms with E-state index in [1.807, 2.05) is 0 Å². The van der Waals surface area contributed by atoms with Crippen LogP contribution in [-0.2, 0) is 0 Å². The molecule has 0 aromatic rings. The summed E-state index contributed by atoms with van der Waals surface area (Å²) in [5.74, 6) is 0. The third-order valence-electron chi connectivity index (χ3n) is 2.59. The molecular weight excluding hydrogens is 164 g/mol. The number of aliphatic hydroxyl groups is 1. The van der Waals surface area contributed by atoms with Crippen LogP contribution >= 0.6 is 0 Å². The number of hydrogen-bond acceptors (Lipinski definition) is 3. The van der Waals surface area contributed by atoms with Gasteiger partial charge in [-0.2, -0.15) is 0 Å². The minimum atomic E-state index is 0.250. The second-order valence-corrected chi connectivity index (χ2v) is 3.73. The zero-order valence-electron chi connectivity index (χ0n) is 8.47. The Morgan fingerprint density at radius 1 is 1.00 bits per heavy atom. The van der Waals surface area contributed by atoms with Gasteiger partial charge in [0.25, 0.3) is 0 Å². The average molecular weight is 186 g/mol. The molecule has 2 N–H and O–H groups in total. The van der Waals surface area contributed by atoms with E-state index in [0.717, 1.165) is 19.6 Å². The summed E-state index contributed by atoms with van der Waals surface area (Å²) in [6, 6.07) is 0. The fraction of sp³-hybridized carbons (Fsp3) is 1.00. The molecule has 0 radical (unpaired) electrons. The maximum absolute atomic E-state index is 8.57. The lowest BCUT2D eigenvalue weighted by Crippen LogP contribution is -2.33. The first kappa shape index (κ1) is 11.0. The Balaban J connectivity index is 1.98. The standard InChI is InChI=1S/C10H22N2O/c13-10-6-11-5-9-12-7-3-1-2-4-8-12/h11,13H,1-10H2. The largest absolute Gasteiger partial charge is 0.395 e. The lowest BCUT2D eigenvalue weighted by molar-refractivity contribution is 0.266. The monoisotopic (exact) mass is 186 g/mol. The molecule has 0 aromatic carbocycles. The highest BCUT2D eigenvalue weighted by molar-refractivity contribution is 4.64. The molecule has 0 unspecified atom stereocenters. The molecule has 1 saturated heterocycles. The molecule has 1 aliphatic heterocycles. The van der Waals surface area contributed by atoms with E-state index in [2.05, 4.69) is 10.2 Å². The highest BCUT2D eigenvalue weighted by Crippen LogP contribution is 2.08. The summed E-state index contributed by atoms with van der Waals surface area (Å²) in [6.07, 6.45) is 5.53. The van der Waals surface area contributed by atoms with Gasteiger partial charge in [-0.05, 0) is 25.9 Å². The van der Waals surface area contributed by atoms with Gasteiger partial charge >= 0.3 is 0 Å². The Kier molecular flexibility index (Phi) is 6.15. The zero-order chi connectivity index (χ0) is 9.36. The molecule has 0 amide bonds. The Hall–Kier alpha value is -0.120. The molecule has 1 aliphatic rings. The summed E-state index contributed by atoms with van der Waals surface area (Å²) in [5.41, 5.74) is 0. The van der Waals surface area contributed by atoms with Crippen molar-refractivity contribution < 1.29 is 5.11 Å². The van der Waals surface area contributed by atoms with Gasteiger partial charge in [-0.3, -0.25) is 0 Å². The maximum atomic E-state index is 8.57. The highest BCUT2D eigenvalue weighted by Gasteiger charge is 2.07. The molecule has 0 bridgehead atoms. The Labute approximate surface area is 81.1 Å². The van der Waals surface area contributed by atoms with Crippen LogP contribution in [-0.4, -0.2) is 49.3 Å². The first-order valence-electron chi connectivity index (χ1n) is 5.47. The molecule has 1 heterocycles. The molecule has 3 heteroatoms. The van der Waals surface area contributed by atoms with Gasteiger partial charge in [0.15, 0.2) is 0 Å². The summed E-state index contributed by atoms with van der Waals surface area (Å²) in [5, 5.41) is 11.8. The lowest BCUT2D eigenvalue weighted by atomic mass is 10.2. The molecule has 0 atom stereocenters. The molecule has 0 aromatic heterocycles. The number of aliphatic hydroxyl groups excluding tert-OH is 1. The molecule has 0 saturated carbocycles. The quantitative estimate of drug-likeness (QED) is 0.612. The fourth-order valence-electron chi connectivity index (χ4n) is 1.80. The first-order valence-corrected chi connectivity index (χ1v) is 5.47. The van der Waals surface area contributed by atoms with Crippen LogP contribution in [0.25, 0.3) is 0 Å². The van der Waals surface area contributed by atoms with E-state index in [0.29, 0.717) is 0 Å². The summed E-state index contributed by atoms with van der Waals surface area (Å²) in [4.78, 5) is 2.53. The second-order valence-electron chi connectivity index (χ2n) is 3.73. The van der Waals surface area contributed by atoms with Crippen molar-refractivity contribution in [2.75, 3.05) is 39.3 Å². The second kappa shape index (κ2) is 7.30. The normalized spacial score (nSPS) is 20.1. The zero-order valence-corrected chi connectivity index (χ0v) is 8.47.